The number of benzene rings is 1. The number of hydrogen-bond acceptors (Lipinski definition) is 8. The van der Waals surface area contributed by atoms with Crippen LogP contribution in [0, 0.1) is 5.92 Å². The molecular formula is C29H37N7O2. The maximum atomic E-state index is 5.51. The number of hydrogen-bond donors (Lipinski definition) is 0. The molecule has 9 nitrogen and oxygen atoms in total. The molecule has 0 bridgehead atoms. The molecule has 200 valence electrons. The normalized spacial score (nSPS) is 17.3. The lowest BCUT2D eigenvalue weighted by Crippen LogP contribution is -2.35. The molecule has 38 heavy (non-hydrogen) atoms. The fourth-order valence-electron chi connectivity index (χ4n) is 4.56. The molecule has 2 fully saturated rings. The lowest BCUT2D eigenvalue weighted by molar-refractivity contribution is 0.0341. The topological polar surface area (TPSA) is 90.0 Å². The van der Waals surface area contributed by atoms with Gasteiger partial charge in [0.2, 0.25) is 0 Å². The summed E-state index contributed by atoms with van der Waals surface area (Å²) in [4.78, 5) is 12.6. The van der Waals surface area contributed by atoms with Crippen LogP contribution in [0.5, 0.6) is 0 Å². The van der Waals surface area contributed by atoms with E-state index in [4.69, 9.17) is 19.7 Å². The van der Waals surface area contributed by atoms with Gasteiger partial charge in [-0.25, -0.2) is 0 Å². The second kappa shape index (κ2) is 12.0. The summed E-state index contributed by atoms with van der Waals surface area (Å²) < 4.78 is 7.29. The molecule has 9 heteroatoms. The van der Waals surface area contributed by atoms with Crippen LogP contribution in [0.1, 0.15) is 69.1 Å². The van der Waals surface area contributed by atoms with Gasteiger partial charge in [0.05, 0.1) is 18.7 Å². The van der Waals surface area contributed by atoms with Gasteiger partial charge in [0.1, 0.15) is 18.0 Å². The van der Waals surface area contributed by atoms with Crippen molar-refractivity contribution < 1.29 is 9.57 Å². The van der Waals surface area contributed by atoms with Crippen molar-refractivity contribution in [2.75, 3.05) is 32.9 Å². The van der Waals surface area contributed by atoms with Crippen molar-refractivity contribution in [3.05, 3.63) is 65.2 Å². The van der Waals surface area contributed by atoms with E-state index in [1.54, 1.807) is 0 Å². The van der Waals surface area contributed by atoms with Crippen molar-refractivity contribution in [1.82, 2.24) is 29.7 Å². The Morgan fingerprint density at radius 1 is 1.11 bits per heavy atom. The summed E-state index contributed by atoms with van der Waals surface area (Å²) in [5.41, 5.74) is 5.56. The minimum absolute atomic E-state index is 0.00147. The van der Waals surface area contributed by atoms with Gasteiger partial charge < -0.3 is 9.57 Å². The fraction of sp³-hybridized carbons (Fsp3) is 0.483. The van der Waals surface area contributed by atoms with Crippen LogP contribution < -0.4 is 0 Å². The van der Waals surface area contributed by atoms with Gasteiger partial charge >= 0.3 is 0 Å². The van der Waals surface area contributed by atoms with Gasteiger partial charge in [-0.3, -0.25) is 9.88 Å². The van der Waals surface area contributed by atoms with Crippen molar-refractivity contribution in [2.24, 2.45) is 11.1 Å². The van der Waals surface area contributed by atoms with E-state index in [2.05, 4.69) is 51.4 Å². The molecule has 4 heterocycles. The first-order chi connectivity index (χ1) is 18.6. The maximum Gasteiger partial charge on any atom is 0.177 e. The summed E-state index contributed by atoms with van der Waals surface area (Å²) >= 11 is 0. The molecule has 3 aromatic heterocycles. The Kier molecular flexibility index (Phi) is 8.24. The van der Waals surface area contributed by atoms with Crippen LogP contribution in [0.3, 0.4) is 0 Å². The molecule has 1 atom stereocenters. The third-order valence-corrected chi connectivity index (χ3v) is 7.03. The first-order valence-electron chi connectivity index (χ1n) is 13.7. The number of aromatic nitrogens is 5. The van der Waals surface area contributed by atoms with E-state index in [0.29, 0.717) is 18.2 Å². The highest BCUT2D eigenvalue weighted by molar-refractivity contribution is 5.96. The third-order valence-electron chi connectivity index (χ3n) is 7.03. The number of fused-ring (bicyclic) bond motifs is 2. The van der Waals surface area contributed by atoms with E-state index < -0.39 is 0 Å². The van der Waals surface area contributed by atoms with Crippen LogP contribution in [0.15, 0.2) is 47.8 Å². The number of nitrogens with zero attached hydrogens (tertiary/aromatic N) is 7. The van der Waals surface area contributed by atoms with Crippen LogP contribution >= 0.6 is 0 Å². The van der Waals surface area contributed by atoms with Crippen molar-refractivity contribution >= 4 is 22.3 Å². The lowest BCUT2D eigenvalue weighted by Gasteiger charge is -2.26. The van der Waals surface area contributed by atoms with Gasteiger partial charge in [-0.15, -0.1) is 10.2 Å². The molecule has 1 aliphatic heterocycles. The Hall–Kier alpha value is -3.43. The molecule has 0 N–H and O–H groups in total. The zero-order valence-electron chi connectivity index (χ0n) is 22.8. The molecular weight excluding hydrogens is 478 g/mol. The molecule has 1 aliphatic carbocycles. The van der Waals surface area contributed by atoms with Crippen LogP contribution in [0.4, 0.5) is 0 Å². The Morgan fingerprint density at radius 3 is 2.71 bits per heavy atom. The van der Waals surface area contributed by atoms with Crippen molar-refractivity contribution in [1.29, 1.82) is 0 Å². The zero-order valence-corrected chi connectivity index (χ0v) is 22.8. The van der Waals surface area contributed by atoms with Gasteiger partial charge in [-0.1, -0.05) is 32.0 Å². The Morgan fingerprint density at radius 2 is 1.92 bits per heavy atom. The van der Waals surface area contributed by atoms with Crippen LogP contribution in [-0.4, -0.2) is 68.3 Å². The quantitative estimate of drug-likeness (QED) is 0.245. The summed E-state index contributed by atoms with van der Waals surface area (Å²) in [5.74, 6) is 1.45. The lowest BCUT2D eigenvalue weighted by atomic mass is 9.98. The predicted octanol–water partition coefficient (Wildman–Crippen LogP) is 4.83. The summed E-state index contributed by atoms with van der Waals surface area (Å²) in [7, 11) is 0. The SMILES string of the molecule is C/C(=N\OCC1CC1)c1ccc2nnc(C(C)c3ccc4ncc(CN5CCOCC5)cc4c3)n2n1.CC. The number of pyridine rings is 1. The van der Waals surface area contributed by atoms with Crippen molar-refractivity contribution in [2.45, 2.75) is 53.0 Å². The van der Waals surface area contributed by atoms with E-state index in [9.17, 15) is 0 Å². The van der Waals surface area contributed by atoms with Gasteiger partial charge in [-0.05, 0) is 67.1 Å². The molecule has 0 radical (unpaired) electrons. The highest BCUT2D eigenvalue weighted by Gasteiger charge is 2.22. The molecule has 4 aromatic rings. The molecule has 0 amide bonds. The molecule has 2 aliphatic rings. The standard InChI is InChI=1S/C27H31N7O2.C2H6/c1-18(22-5-6-25-23(14-22)13-21(15-28-25)16-33-9-11-35-12-10-33)27-30-29-26-8-7-24(31-34(26)27)19(2)32-36-17-20-3-4-20;1-2/h5-8,13-15,18,20H,3-4,9-12,16-17H2,1-2H3;1-2H3/b32-19+;. The van der Waals surface area contributed by atoms with Gasteiger partial charge in [0.25, 0.3) is 0 Å². The molecule has 1 unspecified atom stereocenters. The number of ether oxygens (including phenoxy) is 1. The number of rotatable bonds is 8. The van der Waals surface area contributed by atoms with E-state index in [1.807, 2.05) is 43.6 Å². The summed E-state index contributed by atoms with van der Waals surface area (Å²) in [6.07, 6.45) is 4.46. The first kappa shape index (κ1) is 26.2. The van der Waals surface area contributed by atoms with Gasteiger partial charge in [-0.2, -0.15) is 9.61 Å². The third kappa shape index (κ3) is 6.00. The predicted molar refractivity (Wildman–Crippen MR) is 148 cm³/mol. The Balaban J connectivity index is 0.00000144. The van der Waals surface area contributed by atoms with Crippen LogP contribution in [0.25, 0.3) is 16.6 Å². The highest BCUT2D eigenvalue weighted by Crippen LogP contribution is 2.29. The van der Waals surface area contributed by atoms with E-state index in [0.717, 1.165) is 66.5 Å². The molecule has 1 saturated heterocycles. The first-order valence-corrected chi connectivity index (χ1v) is 13.7. The number of oxime groups is 1. The fourth-order valence-corrected chi connectivity index (χ4v) is 4.56. The van der Waals surface area contributed by atoms with E-state index in [-0.39, 0.29) is 5.92 Å². The van der Waals surface area contributed by atoms with Gasteiger partial charge in [0, 0.05) is 37.1 Å². The summed E-state index contributed by atoms with van der Waals surface area (Å²) in [6, 6.07) is 12.5. The second-order valence-corrected chi connectivity index (χ2v) is 9.87. The van der Waals surface area contributed by atoms with E-state index >= 15 is 0 Å². The highest BCUT2D eigenvalue weighted by atomic mass is 16.6. The van der Waals surface area contributed by atoms with E-state index in [1.165, 1.54) is 18.4 Å². The molecule has 1 aromatic carbocycles. The number of morpholine rings is 1. The second-order valence-electron chi connectivity index (χ2n) is 9.87. The van der Waals surface area contributed by atoms with Crippen molar-refractivity contribution in [3.8, 4) is 0 Å². The average Bonchev–Trinajstić information content (AvgIpc) is 3.69. The summed E-state index contributed by atoms with van der Waals surface area (Å²) in [6.45, 7) is 13.1. The maximum absolute atomic E-state index is 5.51. The van der Waals surface area contributed by atoms with Gasteiger partial charge in [0.15, 0.2) is 11.5 Å². The minimum Gasteiger partial charge on any atom is -0.395 e. The largest absolute Gasteiger partial charge is 0.395 e. The summed E-state index contributed by atoms with van der Waals surface area (Å²) in [5, 5.41) is 19.0. The smallest absolute Gasteiger partial charge is 0.177 e. The zero-order chi connectivity index (χ0) is 26.5. The minimum atomic E-state index is -0.00147. The molecule has 0 spiro atoms. The molecule has 1 saturated carbocycles. The Bertz CT molecular complexity index is 1410. The monoisotopic (exact) mass is 515 g/mol. The van der Waals surface area contributed by atoms with Crippen molar-refractivity contribution in [3.63, 3.8) is 0 Å². The van der Waals surface area contributed by atoms with Crippen LogP contribution in [0.2, 0.25) is 0 Å². The average molecular weight is 516 g/mol. The molecule has 6 rings (SSSR count). The van der Waals surface area contributed by atoms with Crippen LogP contribution in [-0.2, 0) is 16.1 Å². The Labute approximate surface area is 223 Å².